The van der Waals surface area contributed by atoms with Crippen LogP contribution in [0.1, 0.15) is 10.5 Å². The zero-order valence-corrected chi connectivity index (χ0v) is 10.8. The minimum Gasteiger partial charge on any atom is -0.476 e. The Morgan fingerprint density at radius 1 is 1.42 bits per heavy atom. The van der Waals surface area contributed by atoms with Gasteiger partial charge in [-0.2, -0.15) is 12.7 Å². The number of carboxylic acids is 1. The molecule has 0 aliphatic heterocycles. The molecule has 100 valence electrons. The van der Waals surface area contributed by atoms with E-state index >= 15 is 0 Å². The van der Waals surface area contributed by atoms with Crippen LogP contribution >= 0.6 is 11.3 Å². The summed E-state index contributed by atoms with van der Waals surface area (Å²) in [5.74, 6) is -1.29. The van der Waals surface area contributed by atoms with Gasteiger partial charge < -0.3 is 5.11 Å². The van der Waals surface area contributed by atoms with Crippen molar-refractivity contribution in [2.24, 2.45) is 0 Å². The minimum absolute atomic E-state index is 0.0521. The molecule has 8 nitrogen and oxygen atoms in total. The molecular weight excluding hydrogens is 294 g/mol. The van der Waals surface area contributed by atoms with E-state index < -0.39 is 16.3 Å². The van der Waals surface area contributed by atoms with Gasteiger partial charge >= 0.3 is 16.3 Å². The number of aromatic nitrogens is 2. The van der Waals surface area contributed by atoms with Gasteiger partial charge in [0.05, 0.1) is 11.9 Å². The Morgan fingerprint density at radius 3 is 2.63 bits per heavy atom. The molecule has 0 amide bonds. The molecule has 0 fully saturated rings. The third kappa shape index (κ3) is 2.86. The van der Waals surface area contributed by atoms with Crippen LogP contribution in [0.3, 0.4) is 0 Å². The molecule has 0 spiro atoms. The molecule has 0 unspecified atom stereocenters. The molecule has 0 aromatic carbocycles. The number of hydrogen-bond donors (Lipinski definition) is 2. The number of hydrogen-bond acceptors (Lipinski definition) is 6. The molecule has 0 saturated carbocycles. The monoisotopic (exact) mass is 301 g/mol. The molecule has 0 atom stereocenters. The second-order valence-corrected chi connectivity index (χ2v) is 5.37. The molecule has 10 heteroatoms. The van der Waals surface area contributed by atoms with E-state index in [-0.39, 0.29) is 16.5 Å². The highest BCUT2D eigenvalue weighted by atomic mass is 32.2. The Balaban J connectivity index is 2.53. The van der Waals surface area contributed by atoms with Gasteiger partial charge in [-0.3, -0.25) is 9.54 Å². The average molecular weight is 301 g/mol. The van der Waals surface area contributed by atoms with E-state index in [9.17, 15) is 17.8 Å². The second kappa shape index (κ2) is 4.91. The summed E-state index contributed by atoms with van der Waals surface area (Å²) in [5.41, 5.74) is -0.256. The molecule has 2 rings (SSSR count). The number of rotatable bonds is 4. The van der Waals surface area contributed by atoms with Gasteiger partial charge in [-0.15, -0.1) is 11.3 Å². The summed E-state index contributed by atoms with van der Waals surface area (Å²) in [4.78, 5) is 18.1. The Hall–Kier alpha value is -2.04. The van der Waals surface area contributed by atoms with Crippen LogP contribution in [0.15, 0.2) is 29.9 Å². The maximum Gasteiger partial charge on any atom is 0.366 e. The van der Waals surface area contributed by atoms with Crippen molar-refractivity contribution in [2.75, 3.05) is 4.31 Å². The average Bonchev–Trinajstić information content (AvgIpc) is 2.78. The minimum atomic E-state index is -4.64. The van der Waals surface area contributed by atoms with Gasteiger partial charge in [0.25, 0.3) is 0 Å². The van der Waals surface area contributed by atoms with E-state index in [0.717, 1.165) is 11.3 Å². The van der Waals surface area contributed by atoms with Crippen molar-refractivity contribution in [3.8, 4) is 0 Å². The van der Waals surface area contributed by atoms with E-state index in [4.69, 9.17) is 5.11 Å². The van der Waals surface area contributed by atoms with E-state index in [1.165, 1.54) is 29.9 Å². The molecule has 0 aliphatic rings. The van der Waals surface area contributed by atoms with Crippen molar-refractivity contribution in [3.63, 3.8) is 0 Å². The predicted octanol–water partition coefficient (Wildman–Crippen LogP) is 1.18. The molecule has 0 saturated heterocycles. The molecule has 0 radical (unpaired) electrons. The lowest BCUT2D eigenvalue weighted by Gasteiger charge is -2.16. The fourth-order valence-electron chi connectivity index (χ4n) is 1.27. The highest BCUT2D eigenvalue weighted by molar-refractivity contribution is 7.87. The number of carboxylic acid groups (broad SMARTS) is 1. The SMILES string of the molecule is O=C(O)c1csc(N(c2cccnc2)S(=O)(=O)O)n1. The molecular formula is C9H7N3O5S2. The molecule has 2 N–H and O–H groups in total. The first kappa shape index (κ1) is 13.4. The molecule has 2 heterocycles. The van der Waals surface area contributed by atoms with Crippen LogP contribution in [0, 0.1) is 0 Å². The summed E-state index contributed by atoms with van der Waals surface area (Å²) < 4.78 is 32.5. The van der Waals surface area contributed by atoms with Crippen molar-refractivity contribution < 1.29 is 22.9 Å². The smallest absolute Gasteiger partial charge is 0.366 e. The first-order valence-corrected chi connectivity index (χ1v) is 7.04. The van der Waals surface area contributed by atoms with E-state index in [1.807, 2.05) is 0 Å². The van der Waals surface area contributed by atoms with E-state index in [2.05, 4.69) is 9.97 Å². The molecule has 2 aromatic heterocycles. The molecule has 0 bridgehead atoms. The van der Waals surface area contributed by atoms with E-state index in [0.29, 0.717) is 4.31 Å². The lowest BCUT2D eigenvalue weighted by Crippen LogP contribution is -2.25. The summed E-state index contributed by atoms with van der Waals surface area (Å²) in [7, 11) is -4.64. The van der Waals surface area contributed by atoms with Crippen molar-refractivity contribution in [1.29, 1.82) is 0 Å². The van der Waals surface area contributed by atoms with Gasteiger partial charge in [-0.05, 0) is 12.1 Å². The number of pyridine rings is 1. The van der Waals surface area contributed by atoms with Crippen LogP contribution < -0.4 is 4.31 Å². The Bertz CT molecular complexity index is 698. The summed E-state index contributed by atoms with van der Waals surface area (Å²) >= 11 is 0.775. The number of nitrogens with zero attached hydrogens (tertiary/aromatic N) is 3. The summed E-state index contributed by atoms with van der Waals surface area (Å²) in [6.45, 7) is 0. The van der Waals surface area contributed by atoms with Gasteiger partial charge in [0.2, 0.25) is 5.13 Å². The Labute approximate surface area is 111 Å². The highest BCUT2D eigenvalue weighted by Crippen LogP contribution is 2.30. The van der Waals surface area contributed by atoms with Crippen LogP contribution in [-0.4, -0.2) is 34.0 Å². The van der Waals surface area contributed by atoms with Gasteiger partial charge in [0.1, 0.15) is 0 Å². The summed E-state index contributed by atoms with van der Waals surface area (Å²) in [6.07, 6.45) is 2.63. The number of carbonyl (C=O) groups is 1. The Kier molecular flexibility index (Phi) is 3.46. The van der Waals surface area contributed by atoms with Gasteiger partial charge in [0.15, 0.2) is 5.69 Å². The second-order valence-electron chi connectivity index (χ2n) is 3.27. The highest BCUT2D eigenvalue weighted by Gasteiger charge is 2.26. The first-order chi connectivity index (χ1) is 8.89. The number of aromatic carboxylic acids is 1. The maximum atomic E-state index is 11.4. The lowest BCUT2D eigenvalue weighted by molar-refractivity contribution is 0.0691. The van der Waals surface area contributed by atoms with Gasteiger partial charge in [0, 0.05) is 11.6 Å². The Morgan fingerprint density at radius 2 is 2.16 bits per heavy atom. The fourth-order valence-corrected chi connectivity index (χ4v) is 3.02. The molecule has 0 aliphatic carbocycles. The largest absolute Gasteiger partial charge is 0.476 e. The number of anilines is 2. The van der Waals surface area contributed by atoms with Crippen LogP contribution in [0.25, 0.3) is 0 Å². The zero-order valence-electron chi connectivity index (χ0n) is 9.16. The molecule has 2 aromatic rings. The topological polar surface area (TPSA) is 121 Å². The van der Waals surface area contributed by atoms with Gasteiger partial charge in [-0.25, -0.2) is 9.78 Å². The van der Waals surface area contributed by atoms with Crippen molar-refractivity contribution in [3.05, 3.63) is 35.6 Å². The van der Waals surface area contributed by atoms with Crippen molar-refractivity contribution in [2.45, 2.75) is 0 Å². The maximum absolute atomic E-state index is 11.4. The zero-order chi connectivity index (χ0) is 14.0. The standard InChI is InChI=1S/C9H7N3O5S2/c13-8(14)7-5-18-9(11-7)12(19(15,16)17)6-2-1-3-10-4-6/h1-5H,(H,13,14)(H,15,16,17). The van der Waals surface area contributed by atoms with Gasteiger partial charge in [-0.1, -0.05) is 0 Å². The van der Waals surface area contributed by atoms with Crippen LogP contribution in [0.2, 0.25) is 0 Å². The van der Waals surface area contributed by atoms with Crippen molar-refractivity contribution >= 4 is 38.4 Å². The number of thiazole rings is 1. The van der Waals surface area contributed by atoms with Crippen LogP contribution in [0.5, 0.6) is 0 Å². The van der Waals surface area contributed by atoms with E-state index in [1.54, 1.807) is 0 Å². The third-order valence-electron chi connectivity index (χ3n) is 2.00. The first-order valence-electron chi connectivity index (χ1n) is 4.76. The fraction of sp³-hybridized carbons (Fsp3) is 0. The summed E-state index contributed by atoms with van der Waals surface area (Å²) in [6, 6.07) is 2.86. The van der Waals surface area contributed by atoms with Crippen LogP contribution in [-0.2, 0) is 10.3 Å². The molecule has 19 heavy (non-hydrogen) atoms. The third-order valence-corrected chi connectivity index (χ3v) is 3.78. The predicted molar refractivity (Wildman–Crippen MR) is 67.0 cm³/mol. The summed E-state index contributed by atoms with van der Waals surface area (Å²) in [5, 5.41) is 9.74. The quantitative estimate of drug-likeness (QED) is 0.813. The van der Waals surface area contributed by atoms with Crippen LogP contribution in [0.4, 0.5) is 10.8 Å². The van der Waals surface area contributed by atoms with Crippen molar-refractivity contribution in [1.82, 2.24) is 9.97 Å². The lowest BCUT2D eigenvalue weighted by atomic mass is 10.4. The normalized spacial score (nSPS) is 11.2.